The maximum absolute atomic E-state index is 13.8. The van der Waals surface area contributed by atoms with Crippen LogP contribution in [-0.2, 0) is 4.74 Å². The molecular weight excluding hydrogens is 385 g/mol. The van der Waals surface area contributed by atoms with E-state index in [9.17, 15) is 18.0 Å². The van der Waals surface area contributed by atoms with E-state index in [1.807, 2.05) is 32.9 Å². The molecule has 2 rings (SSSR count). The van der Waals surface area contributed by atoms with Gasteiger partial charge in [0.1, 0.15) is 0 Å². The third-order valence-corrected chi connectivity index (χ3v) is 5.26. The number of aryl methyl sites for hydroxylation is 1. The van der Waals surface area contributed by atoms with E-state index in [2.05, 4.69) is 0 Å². The normalized spacial score (nSPS) is 13.5. The van der Waals surface area contributed by atoms with Crippen LogP contribution < -0.4 is 0 Å². The van der Waals surface area contributed by atoms with Crippen LogP contribution in [0.5, 0.6) is 0 Å². The summed E-state index contributed by atoms with van der Waals surface area (Å²) < 4.78 is 46.5. The average Bonchev–Trinajstić information content (AvgIpc) is 2.64. The van der Waals surface area contributed by atoms with E-state index in [0.29, 0.717) is 4.90 Å². The molecule has 2 atom stereocenters. The topological polar surface area (TPSA) is 26.3 Å². The number of rotatable bonds is 7. The second kappa shape index (κ2) is 9.82. The largest absolute Gasteiger partial charge is 0.448 e. The van der Waals surface area contributed by atoms with Gasteiger partial charge in [-0.1, -0.05) is 47.5 Å². The molecule has 2 nitrogen and oxygen atoms in total. The molecule has 0 aliphatic heterocycles. The predicted octanol–water partition coefficient (Wildman–Crippen LogP) is 6.60. The standard InChI is InChI=1S/C22H23F3O2S/c1-15(2)9-14-19(28-18-12-10-16(3)11-13-18)20(22(23,24)25)27-21(26)17-7-5-4-6-8-17/h4-13,19-20H,14H2,1-3H3/t19-,20+/m0/s1. The monoisotopic (exact) mass is 408 g/mol. The van der Waals surface area contributed by atoms with Gasteiger partial charge in [0.25, 0.3) is 0 Å². The Hall–Kier alpha value is -2.21. The van der Waals surface area contributed by atoms with Crippen molar-refractivity contribution >= 4 is 17.7 Å². The maximum atomic E-state index is 13.8. The summed E-state index contributed by atoms with van der Waals surface area (Å²) in [7, 11) is 0. The third kappa shape index (κ3) is 6.75. The van der Waals surface area contributed by atoms with Crippen molar-refractivity contribution in [2.75, 3.05) is 0 Å². The van der Waals surface area contributed by atoms with E-state index in [1.54, 1.807) is 36.4 Å². The van der Waals surface area contributed by atoms with Crippen LogP contribution >= 0.6 is 11.8 Å². The molecule has 0 N–H and O–H groups in total. The van der Waals surface area contributed by atoms with E-state index < -0.39 is 23.5 Å². The molecule has 0 aliphatic rings. The van der Waals surface area contributed by atoms with Crippen LogP contribution in [0.15, 0.2) is 71.1 Å². The van der Waals surface area contributed by atoms with E-state index in [1.165, 1.54) is 12.1 Å². The van der Waals surface area contributed by atoms with Gasteiger partial charge in [0.15, 0.2) is 0 Å². The summed E-state index contributed by atoms with van der Waals surface area (Å²) in [4.78, 5) is 13.0. The van der Waals surface area contributed by atoms with E-state index in [4.69, 9.17) is 4.74 Å². The smallest absolute Gasteiger partial charge is 0.426 e. The quantitative estimate of drug-likeness (QED) is 0.293. The lowest BCUT2D eigenvalue weighted by molar-refractivity contribution is -0.203. The van der Waals surface area contributed by atoms with Crippen LogP contribution in [0.3, 0.4) is 0 Å². The van der Waals surface area contributed by atoms with Crippen LogP contribution in [0, 0.1) is 6.92 Å². The van der Waals surface area contributed by atoms with Gasteiger partial charge in [0.2, 0.25) is 6.10 Å². The molecule has 150 valence electrons. The number of hydrogen-bond donors (Lipinski definition) is 0. The number of benzene rings is 2. The van der Waals surface area contributed by atoms with Crippen molar-refractivity contribution in [3.8, 4) is 0 Å². The fourth-order valence-corrected chi connectivity index (χ4v) is 3.66. The molecule has 0 amide bonds. The molecule has 0 radical (unpaired) electrons. The highest BCUT2D eigenvalue weighted by molar-refractivity contribution is 8.00. The van der Waals surface area contributed by atoms with Crippen LogP contribution in [0.2, 0.25) is 0 Å². The van der Waals surface area contributed by atoms with Crippen LogP contribution in [0.25, 0.3) is 0 Å². The first kappa shape index (κ1) is 22.1. The summed E-state index contributed by atoms with van der Waals surface area (Å²) in [6, 6.07) is 15.0. The number of halogens is 3. The lowest BCUT2D eigenvalue weighted by atomic mass is 10.1. The first-order chi connectivity index (χ1) is 13.2. The lowest BCUT2D eigenvalue weighted by Gasteiger charge is -2.28. The van der Waals surface area contributed by atoms with Gasteiger partial charge in [-0.3, -0.25) is 0 Å². The summed E-state index contributed by atoms with van der Waals surface area (Å²) in [6.07, 6.45) is -5.03. The van der Waals surface area contributed by atoms with Crippen molar-refractivity contribution in [1.29, 1.82) is 0 Å². The number of carbonyl (C=O) groups is 1. The molecule has 0 aliphatic carbocycles. The molecule has 0 saturated heterocycles. The molecule has 0 aromatic heterocycles. The predicted molar refractivity (Wildman–Crippen MR) is 107 cm³/mol. The Balaban J connectivity index is 2.30. The second-order valence-electron chi connectivity index (χ2n) is 6.72. The Morgan fingerprint density at radius 3 is 2.21 bits per heavy atom. The third-order valence-electron chi connectivity index (χ3n) is 3.97. The fraction of sp³-hybridized carbons (Fsp3) is 0.318. The molecule has 6 heteroatoms. The molecule has 0 saturated carbocycles. The first-order valence-corrected chi connectivity index (χ1v) is 9.74. The summed E-state index contributed by atoms with van der Waals surface area (Å²) in [5.41, 5.74) is 2.02. The summed E-state index contributed by atoms with van der Waals surface area (Å²) in [6.45, 7) is 5.56. The van der Waals surface area contributed by atoms with Crippen LogP contribution in [0.4, 0.5) is 13.2 Å². The Morgan fingerprint density at radius 1 is 1.07 bits per heavy atom. The Labute approximate surface area is 167 Å². The van der Waals surface area contributed by atoms with Crippen molar-refractivity contribution < 1.29 is 22.7 Å². The minimum Gasteiger partial charge on any atom is -0.448 e. The summed E-state index contributed by atoms with van der Waals surface area (Å²) in [5, 5.41) is -0.995. The van der Waals surface area contributed by atoms with Gasteiger partial charge in [0, 0.05) is 4.90 Å². The molecule has 0 bridgehead atoms. The second-order valence-corrected chi connectivity index (χ2v) is 8.03. The molecular formula is C22H23F3O2S. The number of thioether (sulfide) groups is 1. The van der Waals surface area contributed by atoms with Crippen molar-refractivity contribution in [1.82, 2.24) is 0 Å². The lowest BCUT2D eigenvalue weighted by Crippen LogP contribution is -2.42. The Morgan fingerprint density at radius 2 is 1.68 bits per heavy atom. The number of alkyl halides is 3. The van der Waals surface area contributed by atoms with Crippen LogP contribution in [-0.4, -0.2) is 23.5 Å². The fourth-order valence-electron chi connectivity index (χ4n) is 2.49. The number of ether oxygens (including phenoxy) is 1. The van der Waals surface area contributed by atoms with Crippen molar-refractivity contribution in [3.63, 3.8) is 0 Å². The van der Waals surface area contributed by atoms with Crippen molar-refractivity contribution in [3.05, 3.63) is 77.4 Å². The van der Waals surface area contributed by atoms with Gasteiger partial charge in [-0.15, -0.1) is 11.8 Å². The van der Waals surface area contributed by atoms with Gasteiger partial charge < -0.3 is 4.74 Å². The highest BCUT2D eigenvalue weighted by Gasteiger charge is 2.48. The minimum absolute atomic E-state index is 0.0954. The molecule has 0 spiro atoms. The number of carbonyl (C=O) groups excluding carboxylic acids is 1. The zero-order valence-electron chi connectivity index (χ0n) is 16.0. The zero-order valence-corrected chi connectivity index (χ0v) is 16.8. The molecule has 28 heavy (non-hydrogen) atoms. The summed E-state index contributed by atoms with van der Waals surface area (Å²) in [5.74, 6) is -0.977. The number of esters is 1. The molecule has 0 heterocycles. The van der Waals surface area contributed by atoms with Gasteiger partial charge >= 0.3 is 12.1 Å². The molecule has 0 unspecified atom stereocenters. The Bertz CT molecular complexity index is 795. The van der Waals surface area contributed by atoms with Gasteiger partial charge in [-0.05, 0) is 51.5 Å². The van der Waals surface area contributed by atoms with Gasteiger partial charge in [-0.25, -0.2) is 4.79 Å². The minimum atomic E-state index is -4.68. The van der Waals surface area contributed by atoms with Crippen LogP contribution in [0.1, 0.15) is 36.2 Å². The zero-order chi connectivity index (χ0) is 20.7. The summed E-state index contributed by atoms with van der Waals surface area (Å²) >= 11 is 1.07. The first-order valence-electron chi connectivity index (χ1n) is 8.86. The average molecular weight is 408 g/mol. The van der Waals surface area contributed by atoms with E-state index in [-0.39, 0.29) is 12.0 Å². The van der Waals surface area contributed by atoms with Crippen molar-refractivity contribution in [2.45, 2.75) is 49.6 Å². The highest BCUT2D eigenvalue weighted by atomic mass is 32.2. The Kier molecular flexibility index (Phi) is 7.75. The van der Waals surface area contributed by atoms with Gasteiger partial charge in [-0.2, -0.15) is 13.2 Å². The maximum Gasteiger partial charge on any atom is 0.426 e. The molecule has 0 fully saturated rings. The van der Waals surface area contributed by atoms with E-state index in [0.717, 1.165) is 22.9 Å². The highest BCUT2D eigenvalue weighted by Crippen LogP contribution is 2.37. The van der Waals surface area contributed by atoms with E-state index >= 15 is 0 Å². The van der Waals surface area contributed by atoms with Gasteiger partial charge in [0.05, 0.1) is 10.8 Å². The number of hydrogen-bond acceptors (Lipinski definition) is 3. The van der Waals surface area contributed by atoms with Crippen molar-refractivity contribution in [2.24, 2.45) is 0 Å². The molecule has 2 aromatic rings. The number of allylic oxidation sites excluding steroid dienone is 2. The SMILES string of the molecule is CC(C)=CC[C@H](Sc1ccc(C)cc1)[C@@H](OC(=O)c1ccccc1)C(F)(F)F. The molecule has 2 aromatic carbocycles.